The van der Waals surface area contributed by atoms with E-state index < -0.39 is 12.0 Å². The first-order valence-corrected chi connectivity index (χ1v) is 4.22. The third kappa shape index (κ3) is 2.75. The highest BCUT2D eigenvalue weighted by Crippen LogP contribution is 2.28. The van der Waals surface area contributed by atoms with Crippen molar-refractivity contribution in [1.82, 2.24) is 0 Å². The van der Waals surface area contributed by atoms with Crippen molar-refractivity contribution in [3.63, 3.8) is 0 Å². The van der Waals surface area contributed by atoms with Crippen LogP contribution < -0.4 is 5.73 Å². The number of hydrogen-bond acceptors (Lipinski definition) is 2. The molecule has 1 aromatic carbocycles. The molecule has 0 saturated carbocycles. The summed E-state index contributed by atoms with van der Waals surface area (Å²) in [7, 11) is 0. The number of benzene rings is 1. The van der Waals surface area contributed by atoms with Crippen LogP contribution in [0.1, 0.15) is 11.6 Å². The van der Waals surface area contributed by atoms with Crippen molar-refractivity contribution in [3.05, 3.63) is 33.8 Å². The first kappa shape index (κ1) is 13.5. The molecule has 3 N–H and O–H groups in total. The molecule has 3 nitrogen and oxygen atoms in total. The summed E-state index contributed by atoms with van der Waals surface area (Å²) in [6.45, 7) is 0. The second-order valence-corrected chi connectivity index (χ2v) is 3.27. The van der Waals surface area contributed by atoms with Gasteiger partial charge in [0.15, 0.2) is 0 Å². The van der Waals surface area contributed by atoms with E-state index in [1.165, 1.54) is 0 Å². The van der Waals surface area contributed by atoms with Gasteiger partial charge in [0, 0.05) is 15.6 Å². The van der Waals surface area contributed by atoms with Gasteiger partial charge in [0.25, 0.3) is 0 Å². The van der Waals surface area contributed by atoms with Crippen LogP contribution in [-0.4, -0.2) is 11.1 Å². The molecular weight excluding hydrogens is 248 g/mol. The summed E-state index contributed by atoms with van der Waals surface area (Å²) in [5.41, 5.74) is 5.62. The molecule has 0 bridgehead atoms. The molecule has 0 fully saturated rings. The predicted octanol–water partition coefficient (Wildman–Crippen LogP) is 2.50. The Morgan fingerprint density at radius 1 is 1.36 bits per heavy atom. The standard InChI is InChI=1S/C8H7Cl2NO2.ClH/c9-4-2-1-3-5(10)6(4)7(11)8(12)13;/h1-3,7H,11H2,(H,12,13);1H/t7-;/m0./s1. The largest absolute Gasteiger partial charge is 0.480 e. The highest BCUT2D eigenvalue weighted by Gasteiger charge is 2.19. The van der Waals surface area contributed by atoms with Gasteiger partial charge in [-0.2, -0.15) is 0 Å². The molecule has 1 atom stereocenters. The first-order valence-electron chi connectivity index (χ1n) is 3.46. The van der Waals surface area contributed by atoms with Crippen molar-refractivity contribution in [3.8, 4) is 0 Å². The third-order valence-corrected chi connectivity index (χ3v) is 2.24. The Morgan fingerprint density at radius 2 is 1.79 bits per heavy atom. The number of nitrogens with two attached hydrogens (primary N) is 1. The highest BCUT2D eigenvalue weighted by atomic mass is 35.5. The van der Waals surface area contributed by atoms with Crippen LogP contribution in [0.15, 0.2) is 18.2 Å². The van der Waals surface area contributed by atoms with Crippen LogP contribution in [0.4, 0.5) is 0 Å². The number of aliphatic carboxylic acids is 1. The minimum absolute atomic E-state index is 0. The van der Waals surface area contributed by atoms with Gasteiger partial charge in [-0.15, -0.1) is 12.4 Å². The summed E-state index contributed by atoms with van der Waals surface area (Å²) in [5.74, 6) is -1.16. The van der Waals surface area contributed by atoms with Gasteiger partial charge < -0.3 is 10.8 Å². The van der Waals surface area contributed by atoms with Crippen LogP contribution in [-0.2, 0) is 4.79 Å². The molecule has 0 amide bonds. The average molecular weight is 257 g/mol. The van der Waals surface area contributed by atoms with Gasteiger partial charge in [-0.1, -0.05) is 29.3 Å². The Kier molecular flexibility index (Phi) is 5.23. The Hall–Kier alpha value is -0.480. The lowest BCUT2D eigenvalue weighted by Crippen LogP contribution is -2.21. The van der Waals surface area contributed by atoms with Crippen molar-refractivity contribution in [2.75, 3.05) is 0 Å². The van der Waals surface area contributed by atoms with Gasteiger partial charge in [0.1, 0.15) is 6.04 Å². The molecule has 1 aromatic rings. The maximum Gasteiger partial charge on any atom is 0.325 e. The summed E-state index contributed by atoms with van der Waals surface area (Å²) in [6, 6.07) is 3.54. The Bertz CT molecular complexity index is 323. The zero-order valence-corrected chi connectivity index (χ0v) is 9.23. The quantitative estimate of drug-likeness (QED) is 0.854. The number of carboxylic acids is 1. The van der Waals surface area contributed by atoms with E-state index in [0.29, 0.717) is 0 Å². The maximum absolute atomic E-state index is 10.6. The van der Waals surface area contributed by atoms with Gasteiger partial charge in [0.05, 0.1) is 0 Å². The van der Waals surface area contributed by atoms with Crippen molar-refractivity contribution in [2.45, 2.75) is 6.04 Å². The number of rotatable bonds is 2. The lowest BCUT2D eigenvalue weighted by atomic mass is 10.1. The molecular formula is C8H8Cl3NO2. The molecule has 0 aromatic heterocycles. The monoisotopic (exact) mass is 255 g/mol. The topological polar surface area (TPSA) is 63.3 Å². The predicted molar refractivity (Wildman–Crippen MR) is 58.3 cm³/mol. The van der Waals surface area contributed by atoms with Gasteiger partial charge >= 0.3 is 5.97 Å². The van der Waals surface area contributed by atoms with Gasteiger partial charge in [-0.3, -0.25) is 4.79 Å². The van der Waals surface area contributed by atoms with Crippen molar-refractivity contribution in [2.24, 2.45) is 5.73 Å². The van der Waals surface area contributed by atoms with Crippen LogP contribution in [0, 0.1) is 0 Å². The normalized spacial score (nSPS) is 11.6. The molecule has 0 heterocycles. The molecule has 1 rings (SSSR count). The fourth-order valence-corrected chi connectivity index (χ4v) is 1.56. The van der Waals surface area contributed by atoms with Gasteiger partial charge in [-0.05, 0) is 12.1 Å². The summed E-state index contributed by atoms with van der Waals surface area (Å²) in [5, 5.41) is 9.17. The van der Waals surface area contributed by atoms with E-state index in [-0.39, 0.29) is 28.0 Å². The minimum Gasteiger partial charge on any atom is -0.480 e. The second-order valence-electron chi connectivity index (χ2n) is 2.45. The van der Waals surface area contributed by atoms with Gasteiger partial charge in [0.2, 0.25) is 0 Å². The minimum atomic E-state index is -1.18. The summed E-state index contributed by atoms with van der Waals surface area (Å²) < 4.78 is 0. The second kappa shape index (κ2) is 5.41. The first-order chi connectivity index (χ1) is 6.04. The molecule has 0 spiro atoms. The van der Waals surface area contributed by atoms with E-state index in [2.05, 4.69) is 0 Å². The van der Waals surface area contributed by atoms with Crippen LogP contribution in [0.5, 0.6) is 0 Å². The van der Waals surface area contributed by atoms with Crippen molar-refractivity contribution < 1.29 is 9.90 Å². The molecule has 0 saturated heterocycles. The van der Waals surface area contributed by atoms with E-state index in [1.54, 1.807) is 18.2 Å². The molecule has 0 aliphatic carbocycles. The van der Waals surface area contributed by atoms with Crippen LogP contribution >= 0.6 is 35.6 Å². The SMILES string of the molecule is Cl.N[C@H](C(=O)O)c1c(Cl)cccc1Cl. The smallest absolute Gasteiger partial charge is 0.325 e. The lowest BCUT2D eigenvalue weighted by Gasteiger charge is -2.10. The maximum atomic E-state index is 10.6. The summed E-state index contributed by atoms with van der Waals surface area (Å²) >= 11 is 11.5. The van der Waals surface area contributed by atoms with Crippen molar-refractivity contribution in [1.29, 1.82) is 0 Å². The Balaban J connectivity index is 0.00000169. The lowest BCUT2D eigenvalue weighted by molar-refractivity contribution is -0.138. The molecule has 14 heavy (non-hydrogen) atoms. The van der Waals surface area contributed by atoms with Crippen LogP contribution in [0.2, 0.25) is 10.0 Å². The number of halogens is 3. The number of hydrogen-bond donors (Lipinski definition) is 2. The molecule has 6 heteroatoms. The fourth-order valence-electron chi connectivity index (χ4n) is 0.931. The molecule has 0 aliphatic rings. The number of carbonyl (C=O) groups is 1. The highest BCUT2D eigenvalue weighted by molar-refractivity contribution is 6.36. The Morgan fingerprint density at radius 3 is 2.14 bits per heavy atom. The molecule has 0 unspecified atom stereocenters. The van der Waals surface area contributed by atoms with E-state index in [1.807, 2.05) is 0 Å². The van der Waals surface area contributed by atoms with E-state index >= 15 is 0 Å². The Labute approximate surface area is 97.2 Å². The zero-order valence-electron chi connectivity index (χ0n) is 6.91. The van der Waals surface area contributed by atoms with Gasteiger partial charge in [-0.25, -0.2) is 0 Å². The molecule has 78 valence electrons. The van der Waals surface area contributed by atoms with Crippen LogP contribution in [0.25, 0.3) is 0 Å². The van der Waals surface area contributed by atoms with E-state index in [0.717, 1.165) is 0 Å². The fraction of sp³-hybridized carbons (Fsp3) is 0.125. The molecule has 0 aliphatic heterocycles. The number of carboxylic acid groups (broad SMARTS) is 1. The van der Waals surface area contributed by atoms with Crippen molar-refractivity contribution >= 4 is 41.6 Å². The molecule has 0 radical (unpaired) electrons. The zero-order chi connectivity index (χ0) is 10.0. The average Bonchev–Trinajstić information content (AvgIpc) is 2.03. The van der Waals surface area contributed by atoms with E-state index in [4.69, 9.17) is 34.0 Å². The summed E-state index contributed by atoms with van der Waals surface area (Å²) in [4.78, 5) is 10.6. The van der Waals surface area contributed by atoms with E-state index in [9.17, 15) is 4.79 Å². The van der Waals surface area contributed by atoms with Crippen LogP contribution in [0.3, 0.4) is 0 Å². The summed E-state index contributed by atoms with van der Waals surface area (Å²) in [6.07, 6.45) is 0. The third-order valence-electron chi connectivity index (χ3n) is 1.58.